The van der Waals surface area contributed by atoms with Gasteiger partial charge in [-0.05, 0) is 5.41 Å². The van der Waals surface area contributed by atoms with Gasteiger partial charge >= 0.3 is 0 Å². The van der Waals surface area contributed by atoms with Crippen molar-refractivity contribution in [1.82, 2.24) is 15.5 Å². The number of rotatable bonds is 3. The third kappa shape index (κ3) is 5.29. The Labute approximate surface area is 109 Å². The molecule has 0 fully saturated rings. The smallest absolute Gasteiger partial charge is 0.235 e. The van der Waals surface area contributed by atoms with E-state index in [2.05, 4.69) is 15.5 Å². The molecule has 1 unspecified atom stereocenters. The lowest BCUT2D eigenvalue weighted by atomic mass is 9.81. The van der Waals surface area contributed by atoms with Crippen molar-refractivity contribution in [3.8, 4) is 0 Å². The molecule has 0 aromatic carbocycles. The molecule has 5 nitrogen and oxygen atoms in total. The molecular formula is C13H25N3O2. The number of nitrogens with one attached hydrogen (secondary N) is 1. The van der Waals surface area contributed by atoms with Crippen LogP contribution >= 0.6 is 0 Å². The van der Waals surface area contributed by atoms with Gasteiger partial charge in [-0.3, -0.25) is 4.79 Å². The number of carbonyl (C=O) groups is 1. The lowest BCUT2D eigenvalue weighted by molar-refractivity contribution is -0.127. The summed E-state index contributed by atoms with van der Waals surface area (Å²) in [5, 5.41) is 10.3. The average Bonchev–Trinajstić information content (AvgIpc) is 2.72. The van der Waals surface area contributed by atoms with Crippen molar-refractivity contribution in [2.75, 3.05) is 0 Å². The predicted octanol–water partition coefficient (Wildman–Crippen LogP) is 2.70. The maximum atomic E-state index is 11.8. The molecule has 104 valence electrons. The van der Waals surface area contributed by atoms with Crippen molar-refractivity contribution < 1.29 is 9.21 Å². The topological polar surface area (TPSA) is 68.0 Å². The van der Waals surface area contributed by atoms with Gasteiger partial charge in [-0.1, -0.05) is 41.5 Å². The van der Waals surface area contributed by atoms with E-state index >= 15 is 0 Å². The highest BCUT2D eigenvalue weighted by molar-refractivity contribution is 5.78. The fourth-order valence-electron chi connectivity index (χ4n) is 1.12. The molecule has 1 aromatic heterocycles. The van der Waals surface area contributed by atoms with Gasteiger partial charge in [0.15, 0.2) is 0 Å². The van der Waals surface area contributed by atoms with Gasteiger partial charge in [0.25, 0.3) is 0 Å². The van der Waals surface area contributed by atoms with Gasteiger partial charge < -0.3 is 9.73 Å². The first-order valence-electron chi connectivity index (χ1n) is 6.37. The number of hydrogen-bond donors (Lipinski definition) is 1. The SMILES string of the molecule is CC.Cc1nnc(CNC(=O)C(C)C(C)(C)C)o1. The largest absolute Gasteiger partial charge is 0.424 e. The average molecular weight is 255 g/mol. The van der Waals surface area contributed by atoms with E-state index in [4.69, 9.17) is 4.42 Å². The number of nitrogens with zero attached hydrogens (tertiary/aromatic N) is 2. The number of amides is 1. The Kier molecular flexibility index (Phi) is 6.58. The Balaban J connectivity index is 0.00000137. The second kappa shape index (κ2) is 7.13. The molecule has 1 rings (SSSR count). The fourth-order valence-corrected chi connectivity index (χ4v) is 1.12. The van der Waals surface area contributed by atoms with Crippen molar-refractivity contribution in [2.24, 2.45) is 11.3 Å². The summed E-state index contributed by atoms with van der Waals surface area (Å²) in [6.45, 7) is 14.0. The van der Waals surface area contributed by atoms with Crippen molar-refractivity contribution in [3.05, 3.63) is 11.8 Å². The van der Waals surface area contributed by atoms with E-state index in [-0.39, 0.29) is 17.2 Å². The lowest BCUT2D eigenvalue weighted by Gasteiger charge is -2.25. The van der Waals surface area contributed by atoms with E-state index in [9.17, 15) is 4.79 Å². The standard InChI is InChI=1S/C11H19N3O2.C2H6/c1-7(11(3,4)5)10(15)12-6-9-14-13-8(2)16-9;1-2/h7H,6H2,1-5H3,(H,12,15);1-2H3. The third-order valence-electron chi connectivity index (χ3n) is 2.67. The molecule has 18 heavy (non-hydrogen) atoms. The van der Waals surface area contributed by atoms with Crippen LogP contribution in [-0.2, 0) is 11.3 Å². The zero-order chi connectivity index (χ0) is 14.3. The van der Waals surface area contributed by atoms with E-state index in [1.807, 2.05) is 41.5 Å². The van der Waals surface area contributed by atoms with Gasteiger partial charge in [0.05, 0.1) is 6.54 Å². The minimum atomic E-state index is -0.0588. The Morgan fingerprint density at radius 2 is 1.89 bits per heavy atom. The number of aryl methyl sites for hydroxylation is 1. The highest BCUT2D eigenvalue weighted by Gasteiger charge is 2.26. The second-order valence-electron chi connectivity index (χ2n) is 5.02. The molecule has 0 radical (unpaired) electrons. The van der Waals surface area contributed by atoms with Crippen LogP contribution in [0.1, 0.15) is 53.3 Å². The molecule has 1 atom stereocenters. The molecule has 5 heteroatoms. The Morgan fingerprint density at radius 1 is 1.33 bits per heavy atom. The molecule has 1 heterocycles. The zero-order valence-corrected chi connectivity index (χ0v) is 12.5. The van der Waals surface area contributed by atoms with Crippen LogP contribution in [0.3, 0.4) is 0 Å². The summed E-state index contributed by atoms with van der Waals surface area (Å²) in [6.07, 6.45) is 0. The first-order valence-corrected chi connectivity index (χ1v) is 6.37. The lowest BCUT2D eigenvalue weighted by Crippen LogP contribution is -2.35. The first kappa shape index (κ1) is 16.6. The van der Waals surface area contributed by atoms with Crippen LogP contribution in [0.25, 0.3) is 0 Å². The van der Waals surface area contributed by atoms with Crippen LogP contribution in [-0.4, -0.2) is 16.1 Å². The van der Waals surface area contributed by atoms with E-state index < -0.39 is 0 Å². The monoisotopic (exact) mass is 255 g/mol. The number of hydrogen-bond acceptors (Lipinski definition) is 4. The van der Waals surface area contributed by atoms with Gasteiger partial charge in [0.2, 0.25) is 17.7 Å². The third-order valence-corrected chi connectivity index (χ3v) is 2.67. The molecule has 0 aliphatic rings. The van der Waals surface area contributed by atoms with E-state index in [0.717, 1.165) is 0 Å². The Hall–Kier alpha value is -1.39. The number of carbonyl (C=O) groups excluding carboxylic acids is 1. The highest BCUT2D eigenvalue weighted by atomic mass is 16.4. The van der Waals surface area contributed by atoms with Gasteiger partial charge in [0.1, 0.15) is 0 Å². The Morgan fingerprint density at radius 3 is 2.28 bits per heavy atom. The van der Waals surface area contributed by atoms with Gasteiger partial charge in [-0.25, -0.2) is 0 Å². The summed E-state index contributed by atoms with van der Waals surface area (Å²) in [6, 6.07) is 0. The van der Waals surface area contributed by atoms with E-state index in [1.54, 1.807) is 6.92 Å². The van der Waals surface area contributed by atoms with Crippen LogP contribution < -0.4 is 5.32 Å². The summed E-state index contributed by atoms with van der Waals surface area (Å²) in [5.41, 5.74) is -0.0468. The zero-order valence-electron chi connectivity index (χ0n) is 12.5. The molecular weight excluding hydrogens is 230 g/mol. The molecule has 1 aromatic rings. The fraction of sp³-hybridized carbons (Fsp3) is 0.769. The quantitative estimate of drug-likeness (QED) is 0.901. The molecule has 1 N–H and O–H groups in total. The molecule has 0 saturated heterocycles. The van der Waals surface area contributed by atoms with E-state index in [1.165, 1.54) is 0 Å². The van der Waals surface area contributed by atoms with Crippen molar-refractivity contribution in [3.63, 3.8) is 0 Å². The maximum Gasteiger partial charge on any atom is 0.235 e. The number of aromatic nitrogens is 2. The minimum Gasteiger partial charge on any atom is -0.424 e. The van der Waals surface area contributed by atoms with Crippen LogP contribution in [0.15, 0.2) is 4.42 Å². The van der Waals surface area contributed by atoms with Crippen molar-refractivity contribution in [1.29, 1.82) is 0 Å². The van der Waals surface area contributed by atoms with Crippen molar-refractivity contribution >= 4 is 5.91 Å². The summed E-state index contributed by atoms with van der Waals surface area (Å²) in [5.74, 6) is 0.889. The predicted molar refractivity (Wildman–Crippen MR) is 70.8 cm³/mol. The van der Waals surface area contributed by atoms with Gasteiger partial charge in [-0.2, -0.15) is 0 Å². The molecule has 1 amide bonds. The van der Waals surface area contributed by atoms with Crippen LogP contribution in [0.2, 0.25) is 0 Å². The second-order valence-corrected chi connectivity index (χ2v) is 5.02. The molecule has 0 bridgehead atoms. The van der Waals surface area contributed by atoms with Crippen LogP contribution in [0.4, 0.5) is 0 Å². The maximum absolute atomic E-state index is 11.8. The summed E-state index contributed by atoms with van der Waals surface area (Å²) >= 11 is 0. The summed E-state index contributed by atoms with van der Waals surface area (Å²) in [4.78, 5) is 11.8. The van der Waals surface area contributed by atoms with Gasteiger partial charge in [-0.15, -0.1) is 10.2 Å². The summed E-state index contributed by atoms with van der Waals surface area (Å²) < 4.78 is 5.16. The van der Waals surface area contributed by atoms with E-state index in [0.29, 0.717) is 18.3 Å². The Bertz CT molecular complexity index is 367. The van der Waals surface area contributed by atoms with Crippen LogP contribution in [0.5, 0.6) is 0 Å². The first-order chi connectivity index (χ1) is 8.30. The molecule has 0 saturated carbocycles. The molecule has 0 aliphatic heterocycles. The van der Waals surface area contributed by atoms with Crippen molar-refractivity contribution in [2.45, 2.75) is 55.0 Å². The summed E-state index contributed by atoms with van der Waals surface area (Å²) in [7, 11) is 0. The minimum absolute atomic E-state index is 0.00310. The van der Waals surface area contributed by atoms with Crippen LogP contribution in [0, 0.1) is 18.3 Å². The molecule has 0 aliphatic carbocycles. The highest BCUT2D eigenvalue weighted by Crippen LogP contribution is 2.25. The van der Waals surface area contributed by atoms with Gasteiger partial charge in [0, 0.05) is 12.8 Å². The molecule has 0 spiro atoms. The normalized spacial score (nSPS) is 12.4.